The molecular formula is C13H23NO2. The smallest absolute Gasteiger partial charge is 0.220 e. The number of hydrogen-bond donors (Lipinski definition) is 2. The number of amides is 1. The molecule has 1 amide bonds. The van der Waals surface area contributed by atoms with Gasteiger partial charge in [-0.05, 0) is 25.2 Å². The molecule has 92 valence electrons. The van der Waals surface area contributed by atoms with Gasteiger partial charge in [0.15, 0.2) is 0 Å². The topological polar surface area (TPSA) is 49.3 Å². The van der Waals surface area contributed by atoms with E-state index in [4.69, 9.17) is 5.11 Å². The van der Waals surface area contributed by atoms with Crippen LogP contribution in [0.4, 0.5) is 0 Å². The molecule has 0 aromatic heterocycles. The van der Waals surface area contributed by atoms with Gasteiger partial charge >= 0.3 is 0 Å². The highest BCUT2D eigenvalue weighted by Crippen LogP contribution is 2.35. The van der Waals surface area contributed by atoms with Gasteiger partial charge in [-0.2, -0.15) is 0 Å². The van der Waals surface area contributed by atoms with E-state index in [1.165, 1.54) is 32.1 Å². The summed E-state index contributed by atoms with van der Waals surface area (Å²) in [7, 11) is 0. The maximum Gasteiger partial charge on any atom is 0.220 e. The van der Waals surface area contributed by atoms with Crippen LogP contribution in [0, 0.1) is 5.92 Å². The van der Waals surface area contributed by atoms with E-state index in [1.54, 1.807) is 0 Å². The Balaban J connectivity index is 1.63. The second kappa shape index (κ2) is 5.17. The van der Waals surface area contributed by atoms with Crippen molar-refractivity contribution in [2.45, 2.75) is 63.3 Å². The molecule has 0 heterocycles. The van der Waals surface area contributed by atoms with Crippen LogP contribution in [0.15, 0.2) is 0 Å². The molecular weight excluding hydrogens is 202 g/mol. The van der Waals surface area contributed by atoms with Crippen LogP contribution in [-0.2, 0) is 4.79 Å². The molecule has 0 aromatic rings. The normalized spacial score (nSPS) is 24.1. The van der Waals surface area contributed by atoms with Crippen molar-refractivity contribution in [2.75, 3.05) is 6.61 Å². The van der Waals surface area contributed by atoms with Gasteiger partial charge in [0.05, 0.1) is 12.1 Å². The lowest BCUT2D eigenvalue weighted by Crippen LogP contribution is -2.39. The summed E-state index contributed by atoms with van der Waals surface area (Å²) in [6.45, 7) is 0.0994. The van der Waals surface area contributed by atoms with E-state index in [9.17, 15) is 4.79 Å². The van der Waals surface area contributed by atoms with E-state index in [1.807, 2.05) is 0 Å². The Morgan fingerprint density at radius 3 is 2.50 bits per heavy atom. The molecule has 2 N–H and O–H groups in total. The van der Waals surface area contributed by atoms with E-state index in [0.717, 1.165) is 25.2 Å². The molecule has 3 nitrogen and oxygen atoms in total. The highest BCUT2D eigenvalue weighted by atomic mass is 16.3. The third-order valence-electron chi connectivity index (χ3n) is 4.07. The van der Waals surface area contributed by atoms with Crippen LogP contribution in [0.2, 0.25) is 0 Å². The van der Waals surface area contributed by atoms with E-state index in [0.29, 0.717) is 6.42 Å². The highest BCUT2D eigenvalue weighted by Gasteiger charge is 2.43. The second-order valence-corrected chi connectivity index (χ2v) is 5.53. The Morgan fingerprint density at radius 2 is 1.94 bits per heavy atom. The minimum atomic E-state index is -0.232. The molecule has 0 spiro atoms. The van der Waals surface area contributed by atoms with Crippen LogP contribution in [0.1, 0.15) is 57.8 Å². The summed E-state index contributed by atoms with van der Waals surface area (Å²) >= 11 is 0. The van der Waals surface area contributed by atoms with Gasteiger partial charge in [-0.1, -0.05) is 32.1 Å². The zero-order valence-corrected chi connectivity index (χ0v) is 10.0. The third kappa shape index (κ3) is 3.21. The lowest BCUT2D eigenvalue weighted by atomic mass is 9.86. The van der Waals surface area contributed by atoms with Crippen LogP contribution in [0.25, 0.3) is 0 Å². The van der Waals surface area contributed by atoms with Gasteiger partial charge in [-0.3, -0.25) is 4.79 Å². The molecule has 0 atom stereocenters. The van der Waals surface area contributed by atoms with E-state index in [2.05, 4.69) is 5.32 Å². The Bertz CT molecular complexity index is 242. The Labute approximate surface area is 97.6 Å². The van der Waals surface area contributed by atoms with Gasteiger partial charge in [-0.15, -0.1) is 0 Å². The predicted molar refractivity (Wildman–Crippen MR) is 63.0 cm³/mol. The minimum absolute atomic E-state index is 0.0994. The SMILES string of the molecule is O=C(CCC1CCCCC1)NC1(CO)CC1. The lowest BCUT2D eigenvalue weighted by molar-refractivity contribution is -0.122. The number of nitrogens with one attached hydrogen (secondary N) is 1. The number of carbonyl (C=O) groups is 1. The number of aliphatic hydroxyl groups excluding tert-OH is 1. The molecule has 0 saturated heterocycles. The van der Waals surface area contributed by atoms with Gasteiger partial charge in [0.2, 0.25) is 5.91 Å². The molecule has 2 aliphatic carbocycles. The van der Waals surface area contributed by atoms with Crippen molar-refractivity contribution in [1.29, 1.82) is 0 Å². The third-order valence-corrected chi connectivity index (χ3v) is 4.07. The molecule has 0 radical (unpaired) electrons. The molecule has 2 fully saturated rings. The zero-order valence-electron chi connectivity index (χ0n) is 10.0. The van der Waals surface area contributed by atoms with Crippen molar-refractivity contribution in [3.8, 4) is 0 Å². The van der Waals surface area contributed by atoms with Crippen molar-refractivity contribution in [3.05, 3.63) is 0 Å². The summed E-state index contributed by atoms with van der Waals surface area (Å²) < 4.78 is 0. The van der Waals surface area contributed by atoms with Crippen molar-refractivity contribution in [3.63, 3.8) is 0 Å². The maximum atomic E-state index is 11.7. The first kappa shape index (κ1) is 11.9. The van der Waals surface area contributed by atoms with Gasteiger partial charge in [-0.25, -0.2) is 0 Å². The zero-order chi connectivity index (χ0) is 11.4. The van der Waals surface area contributed by atoms with Gasteiger partial charge in [0, 0.05) is 6.42 Å². The van der Waals surface area contributed by atoms with Crippen molar-refractivity contribution in [1.82, 2.24) is 5.32 Å². The minimum Gasteiger partial charge on any atom is -0.394 e. The lowest BCUT2D eigenvalue weighted by Gasteiger charge is -2.21. The fraction of sp³-hybridized carbons (Fsp3) is 0.923. The molecule has 0 bridgehead atoms. The molecule has 0 unspecified atom stereocenters. The fourth-order valence-corrected chi connectivity index (χ4v) is 2.64. The first-order valence-electron chi connectivity index (χ1n) is 6.66. The maximum absolute atomic E-state index is 11.7. The summed E-state index contributed by atoms with van der Waals surface area (Å²) in [5.41, 5.74) is -0.232. The Hall–Kier alpha value is -0.570. The summed E-state index contributed by atoms with van der Waals surface area (Å²) in [4.78, 5) is 11.7. The van der Waals surface area contributed by atoms with Crippen molar-refractivity contribution in [2.24, 2.45) is 5.92 Å². The summed E-state index contributed by atoms with van der Waals surface area (Å²) in [5, 5.41) is 12.1. The second-order valence-electron chi connectivity index (χ2n) is 5.53. The highest BCUT2D eigenvalue weighted by molar-refractivity contribution is 5.77. The summed E-state index contributed by atoms with van der Waals surface area (Å²) in [5.74, 6) is 0.904. The fourth-order valence-electron chi connectivity index (χ4n) is 2.64. The Morgan fingerprint density at radius 1 is 1.25 bits per heavy atom. The van der Waals surface area contributed by atoms with Crippen LogP contribution in [0.5, 0.6) is 0 Å². The average molecular weight is 225 g/mol. The first-order chi connectivity index (χ1) is 7.74. The Kier molecular flexibility index (Phi) is 3.85. The predicted octanol–water partition coefficient (Wildman–Crippen LogP) is 1.99. The number of rotatable bonds is 5. The van der Waals surface area contributed by atoms with Gasteiger partial charge in [0.25, 0.3) is 0 Å². The van der Waals surface area contributed by atoms with Crippen LogP contribution < -0.4 is 5.32 Å². The van der Waals surface area contributed by atoms with Crippen LogP contribution in [0.3, 0.4) is 0 Å². The quantitative estimate of drug-likeness (QED) is 0.751. The first-order valence-corrected chi connectivity index (χ1v) is 6.66. The monoisotopic (exact) mass is 225 g/mol. The molecule has 0 aliphatic heterocycles. The summed E-state index contributed by atoms with van der Waals surface area (Å²) in [6.07, 6.45) is 10.2. The number of aliphatic hydroxyl groups is 1. The van der Waals surface area contributed by atoms with Crippen molar-refractivity contribution < 1.29 is 9.90 Å². The van der Waals surface area contributed by atoms with E-state index >= 15 is 0 Å². The van der Waals surface area contributed by atoms with Crippen LogP contribution >= 0.6 is 0 Å². The molecule has 3 heteroatoms. The number of hydrogen-bond acceptors (Lipinski definition) is 2. The molecule has 2 saturated carbocycles. The summed E-state index contributed by atoms with van der Waals surface area (Å²) in [6, 6.07) is 0. The van der Waals surface area contributed by atoms with Crippen molar-refractivity contribution >= 4 is 5.91 Å². The van der Waals surface area contributed by atoms with Gasteiger partial charge in [0.1, 0.15) is 0 Å². The number of carbonyl (C=O) groups excluding carboxylic acids is 1. The molecule has 2 aliphatic rings. The molecule has 2 rings (SSSR count). The average Bonchev–Trinajstić information content (AvgIpc) is 3.08. The standard InChI is InChI=1S/C13H23NO2/c15-10-13(8-9-13)14-12(16)7-6-11-4-2-1-3-5-11/h11,15H,1-10H2,(H,14,16). The molecule has 0 aromatic carbocycles. The van der Waals surface area contributed by atoms with E-state index < -0.39 is 0 Å². The van der Waals surface area contributed by atoms with Crippen LogP contribution in [-0.4, -0.2) is 23.2 Å². The van der Waals surface area contributed by atoms with Gasteiger partial charge < -0.3 is 10.4 Å². The largest absolute Gasteiger partial charge is 0.394 e. The van der Waals surface area contributed by atoms with E-state index in [-0.39, 0.29) is 18.1 Å². The molecule has 16 heavy (non-hydrogen) atoms.